The van der Waals surface area contributed by atoms with E-state index in [1.807, 2.05) is 6.07 Å². The molecule has 1 aliphatic heterocycles. The Bertz CT molecular complexity index is 1220. The van der Waals surface area contributed by atoms with Gasteiger partial charge < -0.3 is 10.6 Å². The fourth-order valence-corrected chi connectivity index (χ4v) is 5.82. The minimum Gasteiger partial charge on any atom is -0.326 e. The first-order valence-corrected chi connectivity index (χ1v) is 12.0. The zero-order valence-corrected chi connectivity index (χ0v) is 18.4. The monoisotopic (exact) mass is 459 g/mol. The molecule has 0 unspecified atom stereocenters. The number of benzene rings is 1. The molecule has 1 fully saturated rings. The summed E-state index contributed by atoms with van der Waals surface area (Å²) in [5, 5.41) is 6.05. The first kappa shape index (κ1) is 21.3. The van der Waals surface area contributed by atoms with Gasteiger partial charge in [-0.3, -0.25) is 14.6 Å². The lowest BCUT2D eigenvalue weighted by Crippen LogP contribution is -2.41. The van der Waals surface area contributed by atoms with Gasteiger partial charge in [0.15, 0.2) is 5.13 Å². The molecule has 11 heteroatoms. The molecule has 0 atom stereocenters. The summed E-state index contributed by atoms with van der Waals surface area (Å²) in [5.41, 5.74) is 1.40. The van der Waals surface area contributed by atoms with Crippen molar-refractivity contribution in [3.63, 3.8) is 0 Å². The molecule has 3 heterocycles. The van der Waals surface area contributed by atoms with Crippen molar-refractivity contribution >= 4 is 54.2 Å². The Morgan fingerprint density at radius 2 is 1.94 bits per heavy atom. The molecule has 1 aliphatic rings. The van der Waals surface area contributed by atoms with Crippen LogP contribution < -0.4 is 10.6 Å². The molecule has 0 saturated carbocycles. The molecule has 0 radical (unpaired) electrons. The molecule has 162 valence electrons. The molecule has 1 aromatic carbocycles. The number of amides is 2. The maximum atomic E-state index is 12.7. The first-order chi connectivity index (χ1) is 14.8. The van der Waals surface area contributed by atoms with Gasteiger partial charge in [0.25, 0.3) is 0 Å². The van der Waals surface area contributed by atoms with Gasteiger partial charge in [-0.25, -0.2) is 13.4 Å². The Morgan fingerprint density at radius 1 is 1.16 bits per heavy atom. The van der Waals surface area contributed by atoms with E-state index >= 15 is 0 Å². The highest BCUT2D eigenvalue weighted by molar-refractivity contribution is 7.89. The highest BCUT2D eigenvalue weighted by atomic mass is 32.2. The van der Waals surface area contributed by atoms with E-state index in [0.29, 0.717) is 23.7 Å². The third kappa shape index (κ3) is 4.73. The molecule has 0 aliphatic carbocycles. The summed E-state index contributed by atoms with van der Waals surface area (Å²) in [6, 6.07) is 8.46. The van der Waals surface area contributed by atoms with Crippen molar-refractivity contribution in [1.29, 1.82) is 0 Å². The van der Waals surface area contributed by atoms with Gasteiger partial charge >= 0.3 is 0 Å². The quantitative estimate of drug-likeness (QED) is 0.605. The van der Waals surface area contributed by atoms with Gasteiger partial charge in [-0.15, -0.1) is 0 Å². The first-order valence-electron chi connectivity index (χ1n) is 9.72. The Morgan fingerprint density at radius 3 is 2.61 bits per heavy atom. The number of pyridine rings is 1. The van der Waals surface area contributed by atoms with Crippen LogP contribution in [0.1, 0.15) is 19.8 Å². The van der Waals surface area contributed by atoms with Crippen LogP contribution in [0.5, 0.6) is 0 Å². The van der Waals surface area contributed by atoms with Crippen LogP contribution in [0.25, 0.3) is 10.2 Å². The molecular formula is C20H21N5O4S2. The van der Waals surface area contributed by atoms with Crippen LogP contribution in [0.15, 0.2) is 47.6 Å². The van der Waals surface area contributed by atoms with Crippen molar-refractivity contribution in [3.05, 3.63) is 42.7 Å². The summed E-state index contributed by atoms with van der Waals surface area (Å²) in [6.45, 7) is 1.99. The number of hydrogen-bond acceptors (Lipinski definition) is 7. The zero-order valence-electron chi connectivity index (χ0n) is 16.7. The molecule has 9 nitrogen and oxygen atoms in total. The largest absolute Gasteiger partial charge is 0.326 e. The number of fused-ring (bicyclic) bond motifs is 1. The molecule has 0 bridgehead atoms. The number of aromatic nitrogens is 2. The van der Waals surface area contributed by atoms with Crippen molar-refractivity contribution in [3.8, 4) is 0 Å². The Kier molecular flexibility index (Phi) is 5.99. The van der Waals surface area contributed by atoms with Crippen LogP contribution in [0.4, 0.5) is 10.8 Å². The molecule has 4 rings (SSSR count). The summed E-state index contributed by atoms with van der Waals surface area (Å²) in [6.07, 6.45) is 3.72. The van der Waals surface area contributed by atoms with Crippen molar-refractivity contribution < 1.29 is 18.0 Å². The second-order valence-electron chi connectivity index (χ2n) is 7.24. The Hall–Kier alpha value is -2.89. The third-order valence-electron chi connectivity index (χ3n) is 5.04. The van der Waals surface area contributed by atoms with Gasteiger partial charge in [-0.2, -0.15) is 4.31 Å². The molecule has 2 N–H and O–H groups in total. The number of carbonyl (C=O) groups is 2. The van der Waals surface area contributed by atoms with Crippen molar-refractivity contribution in [2.24, 2.45) is 5.92 Å². The van der Waals surface area contributed by atoms with Gasteiger partial charge in [-0.05, 0) is 43.2 Å². The SMILES string of the molecule is CC(=O)Nc1ccc2nc(NC(=O)C3CCN(S(=O)(=O)c4cccnc4)CC3)sc2c1. The van der Waals surface area contributed by atoms with Crippen LogP contribution in [0, 0.1) is 5.92 Å². The normalized spacial score (nSPS) is 15.6. The lowest BCUT2D eigenvalue weighted by Gasteiger charge is -2.30. The predicted octanol–water partition coefficient (Wildman–Crippen LogP) is 2.69. The second kappa shape index (κ2) is 8.69. The number of thiazole rings is 1. The average Bonchev–Trinajstić information content (AvgIpc) is 3.15. The minimum atomic E-state index is -3.60. The van der Waals surface area contributed by atoms with Crippen molar-refractivity contribution in [2.75, 3.05) is 23.7 Å². The number of sulfonamides is 1. The van der Waals surface area contributed by atoms with Gasteiger partial charge in [0, 0.05) is 44.0 Å². The van der Waals surface area contributed by atoms with Gasteiger partial charge in [0.1, 0.15) is 4.90 Å². The Balaban J connectivity index is 1.38. The van der Waals surface area contributed by atoms with Gasteiger partial charge in [0.05, 0.1) is 10.2 Å². The number of nitrogens with one attached hydrogen (secondary N) is 2. The summed E-state index contributed by atoms with van der Waals surface area (Å²) < 4.78 is 27.6. The van der Waals surface area contributed by atoms with E-state index < -0.39 is 10.0 Å². The molecule has 0 spiro atoms. The van der Waals surface area contributed by atoms with Crippen molar-refractivity contribution in [1.82, 2.24) is 14.3 Å². The van der Waals surface area contributed by atoms with Crippen LogP contribution in [0.2, 0.25) is 0 Å². The third-order valence-corrected chi connectivity index (χ3v) is 7.85. The highest BCUT2D eigenvalue weighted by Gasteiger charge is 2.32. The van der Waals surface area contributed by atoms with Gasteiger partial charge in [0.2, 0.25) is 21.8 Å². The van der Waals surface area contributed by atoms with E-state index in [4.69, 9.17) is 0 Å². The molecular weight excluding hydrogens is 438 g/mol. The number of nitrogens with zero attached hydrogens (tertiary/aromatic N) is 3. The summed E-state index contributed by atoms with van der Waals surface area (Å²) in [7, 11) is -3.60. The number of carbonyl (C=O) groups excluding carboxylic acids is 2. The van der Waals surface area contributed by atoms with Crippen LogP contribution in [0.3, 0.4) is 0 Å². The summed E-state index contributed by atoms with van der Waals surface area (Å²) in [4.78, 5) is 32.4. The summed E-state index contributed by atoms with van der Waals surface area (Å²) >= 11 is 1.33. The number of piperidine rings is 1. The van der Waals surface area contributed by atoms with Crippen LogP contribution in [-0.2, 0) is 19.6 Å². The molecule has 2 aromatic heterocycles. The fraction of sp³-hybridized carbons (Fsp3) is 0.300. The number of rotatable bonds is 5. The fourth-order valence-electron chi connectivity index (χ4n) is 3.47. The van der Waals surface area contributed by atoms with E-state index in [1.54, 1.807) is 18.2 Å². The Labute approximate surface area is 183 Å². The highest BCUT2D eigenvalue weighted by Crippen LogP contribution is 2.30. The smallest absolute Gasteiger partial charge is 0.244 e. The summed E-state index contributed by atoms with van der Waals surface area (Å²) in [5.74, 6) is -0.615. The molecule has 3 aromatic rings. The van der Waals surface area contributed by atoms with E-state index in [2.05, 4.69) is 20.6 Å². The maximum Gasteiger partial charge on any atom is 0.244 e. The topological polar surface area (TPSA) is 121 Å². The predicted molar refractivity (Wildman–Crippen MR) is 118 cm³/mol. The van der Waals surface area contributed by atoms with E-state index in [1.165, 1.54) is 41.0 Å². The van der Waals surface area contributed by atoms with E-state index in [0.717, 1.165) is 10.2 Å². The maximum absolute atomic E-state index is 12.7. The zero-order chi connectivity index (χ0) is 22.0. The minimum absolute atomic E-state index is 0.158. The van der Waals surface area contributed by atoms with E-state index in [9.17, 15) is 18.0 Å². The second-order valence-corrected chi connectivity index (χ2v) is 10.2. The molecule has 31 heavy (non-hydrogen) atoms. The van der Waals surface area contributed by atoms with Crippen LogP contribution in [-0.4, -0.2) is 47.6 Å². The molecule has 1 saturated heterocycles. The number of anilines is 2. The number of hydrogen-bond donors (Lipinski definition) is 2. The standard InChI is InChI=1S/C20H21N5O4S2/c1-13(26)22-15-4-5-17-18(11-15)30-20(23-17)24-19(27)14-6-9-25(10-7-14)31(28,29)16-3-2-8-21-12-16/h2-5,8,11-12,14H,6-7,9-10H2,1H3,(H,22,26)(H,23,24,27). The lowest BCUT2D eigenvalue weighted by molar-refractivity contribution is -0.121. The van der Waals surface area contributed by atoms with E-state index in [-0.39, 0.29) is 35.7 Å². The molecule has 2 amide bonds. The van der Waals surface area contributed by atoms with Crippen LogP contribution >= 0.6 is 11.3 Å². The van der Waals surface area contributed by atoms with Crippen molar-refractivity contribution in [2.45, 2.75) is 24.7 Å². The lowest BCUT2D eigenvalue weighted by atomic mass is 9.97. The van der Waals surface area contributed by atoms with Gasteiger partial charge in [-0.1, -0.05) is 11.3 Å². The average molecular weight is 460 g/mol.